The lowest BCUT2D eigenvalue weighted by Gasteiger charge is -2.22. The zero-order chi connectivity index (χ0) is 9.97. The molecule has 0 N–H and O–H groups in total. The van der Waals surface area contributed by atoms with Crippen molar-refractivity contribution in [3.8, 4) is 0 Å². The van der Waals surface area contributed by atoms with E-state index in [1.54, 1.807) is 6.20 Å². The second kappa shape index (κ2) is 3.78. The number of rotatable bonds is 2. The molecule has 0 aromatic carbocycles. The number of amides is 1. The SMILES string of the molecule is CCN1C(=O)CC[C@@H]1c1cccnc1. The molecule has 0 spiro atoms. The third-order valence-corrected chi connectivity index (χ3v) is 2.74. The molecule has 2 rings (SSSR count). The Labute approximate surface area is 83.8 Å². The van der Waals surface area contributed by atoms with Gasteiger partial charge in [0.1, 0.15) is 0 Å². The van der Waals surface area contributed by atoms with Gasteiger partial charge in [0.25, 0.3) is 0 Å². The summed E-state index contributed by atoms with van der Waals surface area (Å²) < 4.78 is 0. The van der Waals surface area contributed by atoms with Crippen LogP contribution in [0.5, 0.6) is 0 Å². The molecule has 1 aromatic rings. The third-order valence-electron chi connectivity index (χ3n) is 2.74. The lowest BCUT2D eigenvalue weighted by Crippen LogP contribution is -2.27. The van der Waals surface area contributed by atoms with Gasteiger partial charge in [-0.25, -0.2) is 0 Å². The summed E-state index contributed by atoms with van der Waals surface area (Å²) in [4.78, 5) is 17.5. The summed E-state index contributed by atoms with van der Waals surface area (Å²) in [7, 11) is 0. The lowest BCUT2D eigenvalue weighted by atomic mass is 10.1. The predicted molar refractivity (Wildman–Crippen MR) is 53.6 cm³/mol. The Kier molecular flexibility index (Phi) is 2.48. The zero-order valence-corrected chi connectivity index (χ0v) is 8.31. The van der Waals surface area contributed by atoms with E-state index >= 15 is 0 Å². The van der Waals surface area contributed by atoms with Crippen LogP contribution in [0.15, 0.2) is 24.5 Å². The number of hydrogen-bond acceptors (Lipinski definition) is 2. The van der Waals surface area contributed by atoms with Gasteiger partial charge in [-0.2, -0.15) is 0 Å². The van der Waals surface area contributed by atoms with Gasteiger partial charge in [-0.15, -0.1) is 0 Å². The molecule has 1 amide bonds. The molecular formula is C11H14N2O. The van der Waals surface area contributed by atoms with Gasteiger partial charge >= 0.3 is 0 Å². The smallest absolute Gasteiger partial charge is 0.223 e. The van der Waals surface area contributed by atoms with Gasteiger partial charge in [-0.3, -0.25) is 9.78 Å². The number of hydrogen-bond donors (Lipinski definition) is 0. The van der Waals surface area contributed by atoms with Crippen LogP contribution < -0.4 is 0 Å². The van der Waals surface area contributed by atoms with Crippen LogP contribution in [0, 0.1) is 0 Å². The molecule has 14 heavy (non-hydrogen) atoms. The summed E-state index contributed by atoms with van der Waals surface area (Å²) in [5, 5.41) is 0. The molecule has 74 valence electrons. The van der Waals surface area contributed by atoms with Crippen LogP contribution in [0.1, 0.15) is 31.4 Å². The second-order valence-electron chi connectivity index (χ2n) is 3.52. The summed E-state index contributed by atoms with van der Waals surface area (Å²) in [6.07, 6.45) is 5.22. The number of carbonyl (C=O) groups is 1. The highest BCUT2D eigenvalue weighted by molar-refractivity contribution is 5.79. The highest BCUT2D eigenvalue weighted by atomic mass is 16.2. The highest BCUT2D eigenvalue weighted by Crippen LogP contribution is 2.31. The van der Waals surface area contributed by atoms with E-state index in [4.69, 9.17) is 0 Å². The van der Waals surface area contributed by atoms with Crippen molar-refractivity contribution in [1.29, 1.82) is 0 Å². The topological polar surface area (TPSA) is 33.2 Å². The van der Waals surface area contributed by atoms with Crippen molar-refractivity contribution in [1.82, 2.24) is 9.88 Å². The van der Waals surface area contributed by atoms with E-state index < -0.39 is 0 Å². The van der Waals surface area contributed by atoms with Crippen LogP contribution in [0.25, 0.3) is 0 Å². The van der Waals surface area contributed by atoms with E-state index in [0.717, 1.165) is 18.5 Å². The van der Waals surface area contributed by atoms with Crippen molar-refractivity contribution in [2.75, 3.05) is 6.54 Å². The Bertz CT molecular complexity index is 323. The Hall–Kier alpha value is -1.38. The number of nitrogens with zero attached hydrogens (tertiary/aromatic N) is 2. The van der Waals surface area contributed by atoms with Crippen LogP contribution in [0.4, 0.5) is 0 Å². The minimum absolute atomic E-state index is 0.251. The average Bonchev–Trinajstić information content (AvgIpc) is 2.61. The van der Waals surface area contributed by atoms with E-state index in [1.165, 1.54) is 0 Å². The van der Waals surface area contributed by atoms with Crippen LogP contribution in [0.3, 0.4) is 0 Å². The van der Waals surface area contributed by atoms with Crippen molar-refractivity contribution in [3.05, 3.63) is 30.1 Å². The van der Waals surface area contributed by atoms with E-state index in [-0.39, 0.29) is 11.9 Å². The van der Waals surface area contributed by atoms with Gasteiger partial charge in [0, 0.05) is 25.4 Å². The number of aromatic nitrogens is 1. The van der Waals surface area contributed by atoms with Gasteiger partial charge in [0.2, 0.25) is 5.91 Å². The minimum Gasteiger partial charge on any atom is -0.336 e. The molecule has 0 radical (unpaired) electrons. The zero-order valence-electron chi connectivity index (χ0n) is 8.31. The Morgan fingerprint density at radius 3 is 3.14 bits per heavy atom. The summed E-state index contributed by atoms with van der Waals surface area (Å²) in [5.74, 6) is 0.265. The molecule has 3 nitrogen and oxygen atoms in total. The van der Waals surface area contributed by atoms with Crippen molar-refractivity contribution in [3.63, 3.8) is 0 Å². The monoisotopic (exact) mass is 190 g/mol. The third kappa shape index (κ3) is 1.50. The summed E-state index contributed by atoms with van der Waals surface area (Å²) in [5.41, 5.74) is 1.15. The maximum absolute atomic E-state index is 11.5. The molecule has 1 aromatic heterocycles. The molecule has 3 heteroatoms. The van der Waals surface area contributed by atoms with Crippen LogP contribution >= 0.6 is 0 Å². The molecule has 0 aliphatic carbocycles. The van der Waals surface area contributed by atoms with Gasteiger partial charge in [0.05, 0.1) is 6.04 Å². The lowest BCUT2D eigenvalue weighted by molar-refractivity contribution is -0.128. The molecule has 1 fully saturated rings. The summed E-state index contributed by atoms with van der Waals surface area (Å²) in [6.45, 7) is 2.81. The molecule has 1 atom stereocenters. The maximum Gasteiger partial charge on any atom is 0.223 e. The minimum atomic E-state index is 0.251. The first kappa shape index (κ1) is 9.19. The van der Waals surface area contributed by atoms with Crippen molar-refractivity contribution in [2.45, 2.75) is 25.8 Å². The molecule has 1 aliphatic heterocycles. The van der Waals surface area contributed by atoms with Gasteiger partial charge in [0.15, 0.2) is 0 Å². The van der Waals surface area contributed by atoms with Crippen molar-refractivity contribution >= 4 is 5.91 Å². The summed E-state index contributed by atoms with van der Waals surface area (Å²) >= 11 is 0. The van der Waals surface area contributed by atoms with E-state index in [1.807, 2.05) is 30.2 Å². The van der Waals surface area contributed by atoms with Crippen molar-refractivity contribution in [2.24, 2.45) is 0 Å². The van der Waals surface area contributed by atoms with Crippen LogP contribution in [-0.2, 0) is 4.79 Å². The average molecular weight is 190 g/mol. The first-order chi connectivity index (χ1) is 6.83. The summed E-state index contributed by atoms with van der Waals surface area (Å²) in [6, 6.07) is 4.21. The van der Waals surface area contributed by atoms with Gasteiger partial charge in [-0.1, -0.05) is 6.07 Å². The standard InChI is InChI=1S/C11H14N2O/c1-2-13-10(5-6-11(13)14)9-4-3-7-12-8-9/h3-4,7-8,10H,2,5-6H2,1H3/t10-/m1/s1. The fourth-order valence-corrected chi connectivity index (χ4v) is 2.05. The van der Waals surface area contributed by atoms with E-state index in [9.17, 15) is 4.79 Å². The Morgan fingerprint density at radius 2 is 2.50 bits per heavy atom. The first-order valence-electron chi connectivity index (χ1n) is 5.02. The molecular weight excluding hydrogens is 176 g/mol. The predicted octanol–water partition coefficient (Wildman–Crippen LogP) is 1.77. The first-order valence-corrected chi connectivity index (χ1v) is 5.02. The maximum atomic E-state index is 11.5. The van der Waals surface area contributed by atoms with Crippen molar-refractivity contribution < 1.29 is 4.79 Å². The molecule has 0 saturated carbocycles. The quantitative estimate of drug-likeness (QED) is 0.712. The molecule has 0 unspecified atom stereocenters. The highest BCUT2D eigenvalue weighted by Gasteiger charge is 2.30. The van der Waals surface area contributed by atoms with E-state index in [2.05, 4.69) is 4.98 Å². The van der Waals surface area contributed by atoms with Gasteiger partial charge < -0.3 is 4.90 Å². The van der Waals surface area contributed by atoms with Gasteiger partial charge in [-0.05, 0) is 25.0 Å². The van der Waals surface area contributed by atoms with Crippen LogP contribution in [-0.4, -0.2) is 22.3 Å². The fraction of sp³-hybridized carbons (Fsp3) is 0.455. The molecule has 0 bridgehead atoms. The molecule has 2 heterocycles. The normalized spacial score (nSPS) is 21.6. The number of pyridine rings is 1. The number of carbonyl (C=O) groups excluding carboxylic acids is 1. The Balaban J connectivity index is 2.23. The fourth-order valence-electron chi connectivity index (χ4n) is 2.05. The Morgan fingerprint density at radius 1 is 1.64 bits per heavy atom. The van der Waals surface area contributed by atoms with Crippen LogP contribution in [0.2, 0.25) is 0 Å². The molecule has 1 saturated heterocycles. The molecule has 1 aliphatic rings. The largest absolute Gasteiger partial charge is 0.336 e. The van der Waals surface area contributed by atoms with E-state index in [0.29, 0.717) is 6.42 Å². The number of likely N-dealkylation sites (tertiary alicyclic amines) is 1. The second-order valence-corrected chi connectivity index (χ2v) is 3.52.